The van der Waals surface area contributed by atoms with Gasteiger partial charge in [-0.25, -0.2) is 0 Å². The molecule has 334 valence electrons. The molecule has 0 saturated carbocycles. The van der Waals surface area contributed by atoms with Crippen LogP contribution >= 0.6 is 0 Å². The molecule has 1 rings (SSSR count). The highest BCUT2D eigenvalue weighted by molar-refractivity contribution is 5.80. The molecule has 0 aliphatic carbocycles. The standard InChI is InChI=1S/C47H87NO9/c1-3-5-7-9-11-13-15-17-19-20-22-24-26-28-30-32-34-36-41(51)46(55)48-39(38-56-47-45(54)44(53)43(52)42(37-49)57-47)40(50)35-33-31-29-27-25-23-21-18-16-14-12-10-8-6-4-2/h22,24-25,27,33,35,39-45,47,49-54H,3-21,23,26,28-32,34,36-38H2,1-2H3,(H,48,55)/b24-22-,27-25+,35-33+. The minimum absolute atomic E-state index is 0.290. The Labute approximate surface area is 347 Å². The van der Waals surface area contributed by atoms with Crippen molar-refractivity contribution in [3.8, 4) is 0 Å². The molecule has 0 aromatic heterocycles. The Kier molecular flexibility index (Phi) is 35.0. The lowest BCUT2D eigenvalue weighted by molar-refractivity contribution is -0.302. The van der Waals surface area contributed by atoms with Gasteiger partial charge in [0.2, 0.25) is 5.91 Å². The summed E-state index contributed by atoms with van der Waals surface area (Å²) in [6, 6.07) is -1.000. The molecule has 1 fully saturated rings. The van der Waals surface area contributed by atoms with Crippen molar-refractivity contribution in [3.05, 3.63) is 36.5 Å². The molecule has 57 heavy (non-hydrogen) atoms. The molecule has 0 aromatic rings. The number of rotatable bonds is 38. The largest absolute Gasteiger partial charge is 0.394 e. The van der Waals surface area contributed by atoms with Crippen LogP contribution in [-0.2, 0) is 14.3 Å². The van der Waals surface area contributed by atoms with Crippen molar-refractivity contribution in [1.29, 1.82) is 0 Å². The van der Waals surface area contributed by atoms with Crippen LogP contribution in [0.5, 0.6) is 0 Å². The van der Waals surface area contributed by atoms with Crippen LogP contribution in [-0.4, -0.2) is 98.7 Å². The fourth-order valence-electron chi connectivity index (χ4n) is 7.17. The molecule has 0 radical (unpaired) electrons. The summed E-state index contributed by atoms with van der Waals surface area (Å²) < 4.78 is 11.1. The lowest BCUT2D eigenvalue weighted by atomic mass is 9.99. The number of allylic oxidation sites excluding steroid dienone is 5. The number of unbranched alkanes of at least 4 members (excludes halogenated alkanes) is 23. The van der Waals surface area contributed by atoms with Gasteiger partial charge in [-0.15, -0.1) is 0 Å². The number of carbonyl (C=O) groups is 1. The minimum Gasteiger partial charge on any atom is -0.394 e. The zero-order chi connectivity index (χ0) is 41.8. The molecule has 0 aromatic carbocycles. The fraction of sp³-hybridized carbons (Fsp3) is 0.851. The summed E-state index contributed by atoms with van der Waals surface area (Å²) in [5.41, 5.74) is 0. The van der Waals surface area contributed by atoms with Crippen LogP contribution in [0.3, 0.4) is 0 Å². The van der Waals surface area contributed by atoms with Crippen molar-refractivity contribution < 1.29 is 44.9 Å². The number of hydrogen-bond acceptors (Lipinski definition) is 9. The minimum atomic E-state index is -1.62. The maximum Gasteiger partial charge on any atom is 0.249 e. The van der Waals surface area contributed by atoms with Crippen molar-refractivity contribution in [1.82, 2.24) is 5.32 Å². The summed E-state index contributed by atoms with van der Waals surface area (Å²) >= 11 is 0. The van der Waals surface area contributed by atoms with E-state index >= 15 is 0 Å². The molecule has 10 nitrogen and oxygen atoms in total. The van der Waals surface area contributed by atoms with Crippen LogP contribution in [0.1, 0.15) is 194 Å². The molecule has 1 heterocycles. The molecule has 1 amide bonds. The maximum atomic E-state index is 13.0. The van der Waals surface area contributed by atoms with E-state index in [1.54, 1.807) is 6.08 Å². The Hall–Kier alpha value is -1.63. The fourth-order valence-corrected chi connectivity index (χ4v) is 7.17. The highest BCUT2D eigenvalue weighted by Gasteiger charge is 2.44. The number of aliphatic hydroxyl groups excluding tert-OH is 6. The Balaban J connectivity index is 2.45. The monoisotopic (exact) mass is 810 g/mol. The molecular weight excluding hydrogens is 723 g/mol. The van der Waals surface area contributed by atoms with E-state index in [-0.39, 0.29) is 13.0 Å². The number of ether oxygens (including phenoxy) is 2. The molecule has 1 saturated heterocycles. The molecule has 7 N–H and O–H groups in total. The summed E-state index contributed by atoms with van der Waals surface area (Å²) in [4.78, 5) is 13.0. The third-order valence-corrected chi connectivity index (χ3v) is 11.0. The van der Waals surface area contributed by atoms with Crippen LogP contribution in [0, 0.1) is 0 Å². The summed E-state index contributed by atoms with van der Waals surface area (Å²) in [5, 5.41) is 64.6. The van der Waals surface area contributed by atoms with Gasteiger partial charge >= 0.3 is 0 Å². The van der Waals surface area contributed by atoms with E-state index in [4.69, 9.17) is 9.47 Å². The molecule has 1 aliphatic heterocycles. The predicted octanol–water partition coefficient (Wildman–Crippen LogP) is 8.64. The van der Waals surface area contributed by atoms with Gasteiger partial charge in [-0.2, -0.15) is 0 Å². The molecule has 0 bridgehead atoms. The first-order chi connectivity index (χ1) is 27.8. The van der Waals surface area contributed by atoms with Gasteiger partial charge in [0.05, 0.1) is 25.4 Å². The molecule has 10 heteroatoms. The Bertz CT molecular complexity index is 1010. The first kappa shape index (κ1) is 53.4. The van der Waals surface area contributed by atoms with Gasteiger partial charge in [0.1, 0.15) is 30.5 Å². The van der Waals surface area contributed by atoms with E-state index in [0.717, 1.165) is 44.9 Å². The lowest BCUT2D eigenvalue weighted by Gasteiger charge is -2.40. The van der Waals surface area contributed by atoms with E-state index in [0.29, 0.717) is 12.8 Å². The normalized spacial score (nSPS) is 21.9. The van der Waals surface area contributed by atoms with Gasteiger partial charge in [0.25, 0.3) is 0 Å². The summed E-state index contributed by atoms with van der Waals surface area (Å²) in [6.07, 6.45) is 35.1. The lowest BCUT2D eigenvalue weighted by Crippen LogP contribution is -2.60. The summed E-state index contributed by atoms with van der Waals surface area (Å²) in [5.74, 6) is -0.635. The number of aliphatic hydroxyl groups is 6. The van der Waals surface area contributed by atoms with Crippen molar-refractivity contribution >= 4 is 5.91 Å². The van der Waals surface area contributed by atoms with Gasteiger partial charge in [0.15, 0.2) is 6.29 Å². The van der Waals surface area contributed by atoms with Gasteiger partial charge in [0, 0.05) is 0 Å². The Morgan fingerprint density at radius 3 is 1.53 bits per heavy atom. The number of nitrogens with one attached hydrogen (secondary N) is 1. The first-order valence-electron chi connectivity index (χ1n) is 23.3. The molecule has 8 atom stereocenters. The van der Waals surface area contributed by atoms with E-state index < -0.39 is 61.5 Å². The smallest absolute Gasteiger partial charge is 0.249 e. The molecule has 8 unspecified atom stereocenters. The van der Waals surface area contributed by atoms with Gasteiger partial charge in [-0.3, -0.25) is 4.79 Å². The highest BCUT2D eigenvalue weighted by atomic mass is 16.7. The predicted molar refractivity (Wildman–Crippen MR) is 232 cm³/mol. The summed E-state index contributed by atoms with van der Waals surface area (Å²) in [6.45, 7) is 3.58. The van der Waals surface area contributed by atoms with E-state index in [2.05, 4.69) is 43.5 Å². The van der Waals surface area contributed by atoms with Crippen molar-refractivity contribution in [2.24, 2.45) is 0 Å². The topological polar surface area (TPSA) is 169 Å². The zero-order valence-corrected chi connectivity index (χ0v) is 36.2. The third-order valence-electron chi connectivity index (χ3n) is 11.0. The highest BCUT2D eigenvalue weighted by Crippen LogP contribution is 2.22. The number of carbonyl (C=O) groups excluding carboxylic acids is 1. The van der Waals surface area contributed by atoms with E-state index in [1.807, 2.05) is 6.08 Å². The van der Waals surface area contributed by atoms with Crippen LogP contribution in [0.4, 0.5) is 0 Å². The molecule has 0 spiro atoms. The van der Waals surface area contributed by atoms with Crippen LogP contribution in [0.15, 0.2) is 36.5 Å². The Morgan fingerprint density at radius 2 is 1.04 bits per heavy atom. The van der Waals surface area contributed by atoms with Crippen LogP contribution in [0.2, 0.25) is 0 Å². The Morgan fingerprint density at radius 1 is 0.596 bits per heavy atom. The van der Waals surface area contributed by atoms with Crippen molar-refractivity contribution in [3.63, 3.8) is 0 Å². The van der Waals surface area contributed by atoms with Crippen molar-refractivity contribution in [2.45, 2.75) is 243 Å². The van der Waals surface area contributed by atoms with Crippen molar-refractivity contribution in [2.75, 3.05) is 13.2 Å². The van der Waals surface area contributed by atoms with E-state index in [9.17, 15) is 35.4 Å². The average Bonchev–Trinajstić information content (AvgIpc) is 3.21. The number of amides is 1. The summed E-state index contributed by atoms with van der Waals surface area (Å²) in [7, 11) is 0. The maximum absolute atomic E-state index is 13.0. The second-order valence-electron chi connectivity index (χ2n) is 16.3. The van der Waals surface area contributed by atoms with Gasteiger partial charge in [-0.1, -0.05) is 172 Å². The number of hydrogen-bond donors (Lipinski definition) is 7. The molecular formula is C47H87NO9. The van der Waals surface area contributed by atoms with Gasteiger partial charge < -0.3 is 45.4 Å². The van der Waals surface area contributed by atoms with Crippen LogP contribution in [0.25, 0.3) is 0 Å². The zero-order valence-electron chi connectivity index (χ0n) is 36.2. The molecule has 1 aliphatic rings. The SMILES string of the molecule is CCCCCCCCCCC/C=C\CCCCCCC(O)C(=O)NC(COC1OC(CO)C(O)C(O)C1O)C(O)/C=C/CC/C=C/CCCCCCCCCCC. The third kappa shape index (κ3) is 27.7. The van der Waals surface area contributed by atoms with Crippen LogP contribution < -0.4 is 5.32 Å². The average molecular weight is 810 g/mol. The second-order valence-corrected chi connectivity index (χ2v) is 16.3. The first-order valence-corrected chi connectivity index (χ1v) is 23.3. The quantitative estimate of drug-likeness (QED) is 0.0239. The van der Waals surface area contributed by atoms with E-state index in [1.165, 1.54) is 116 Å². The second kappa shape index (κ2) is 37.4. The van der Waals surface area contributed by atoms with Gasteiger partial charge in [-0.05, 0) is 57.8 Å².